The lowest BCUT2D eigenvalue weighted by atomic mass is 10.0. The molecule has 0 radical (unpaired) electrons. The lowest BCUT2D eigenvalue weighted by Crippen LogP contribution is -2.40. The molecule has 1 aromatic carbocycles. The van der Waals surface area contributed by atoms with Gasteiger partial charge in [-0.15, -0.1) is 12.3 Å². The summed E-state index contributed by atoms with van der Waals surface area (Å²) in [5.74, 6) is 1.87. The Kier molecular flexibility index (Phi) is 5.46. The molecule has 1 fully saturated rings. The first-order valence-corrected chi connectivity index (χ1v) is 10.6. The number of halogens is 1. The van der Waals surface area contributed by atoms with E-state index >= 15 is 0 Å². The Morgan fingerprint density at radius 3 is 2.63 bits per heavy atom. The Hall–Kier alpha value is -2.47. The quantitative estimate of drug-likeness (QED) is 0.721. The zero-order valence-electron chi connectivity index (χ0n) is 14.8. The number of nitrogens with zero attached hydrogens (tertiary/aromatic N) is 3. The molecule has 2 heterocycles. The van der Waals surface area contributed by atoms with Crippen molar-refractivity contribution in [2.75, 3.05) is 34.8 Å². The third-order valence-electron chi connectivity index (χ3n) is 4.72. The Morgan fingerprint density at radius 1 is 1.30 bits per heavy atom. The molecular weight excluding hydrogens is 371 g/mol. The number of carbonyl (C=O) groups is 1. The maximum Gasteiger partial charge on any atom is 0.224 e. The number of amides is 1. The molecule has 0 bridgehead atoms. The smallest absolute Gasteiger partial charge is 0.224 e. The van der Waals surface area contributed by atoms with Gasteiger partial charge in [-0.3, -0.25) is 4.79 Å². The molecule has 0 aromatic heterocycles. The summed E-state index contributed by atoms with van der Waals surface area (Å²) < 4.78 is 37.3. The maximum absolute atomic E-state index is 14.2. The van der Waals surface area contributed by atoms with Crippen LogP contribution in [0.25, 0.3) is 0 Å². The molecule has 144 valence electrons. The average molecular weight is 392 g/mol. The van der Waals surface area contributed by atoms with Crippen molar-refractivity contribution < 1.29 is 17.6 Å². The minimum absolute atomic E-state index is 0.00420. The lowest BCUT2D eigenvalue weighted by molar-refractivity contribution is -0.116. The highest BCUT2D eigenvalue weighted by atomic mass is 32.2. The van der Waals surface area contributed by atoms with Crippen molar-refractivity contribution in [2.45, 2.75) is 31.3 Å². The van der Waals surface area contributed by atoms with Crippen LogP contribution in [0.2, 0.25) is 0 Å². The minimum atomic E-state index is -3.05. The van der Waals surface area contributed by atoms with Gasteiger partial charge in [-0.2, -0.15) is 10.2 Å². The van der Waals surface area contributed by atoms with E-state index in [2.05, 4.69) is 21.5 Å². The molecule has 1 saturated heterocycles. The molecule has 2 aliphatic rings. The van der Waals surface area contributed by atoms with Crippen LogP contribution in [-0.2, 0) is 14.6 Å². The fraction of sp³-hybridized carbons (Fsp3) is 0.500. The number of sulfone groups is 1. The van der Waals surface area contributed by atoms with Gasteiger partial charge in [-0.25, -0.2) is 12.8 Å². The van der Waals surface area contributed by atoms with Crippen LogP contribution < -0.4 is 10.2 Å². The number of terminal acetylenes is 1. The Morgan fingerprint density at radius 2 is 2.00 bits per heavy atom. The van der Waals surface area contributed by atoms with E-state index < -0.39 is 21.3 Å². The van der Waals surface area contributed by atoms with Gasteiger partial charge < -0.3 is 10.2 Å². The van der Waals surface area contributed by atoms with Crippen LogP contribution in [0, 0.1) is 18.2 Å². The van der Waals surface area contributed by atoms with Gasteiger partial charge in [0.05, 0.1) is 17.2 Å². The van der Waals surface area contributed by atoms with E-state index in [0.29, 0.717) is 30.6 Å². The number of nitrogens with one attached hydrogen (secondary N) is 1. The predicted octanol–water partition coefficient (Wildman–Crippen LogP) is 2.35. The van der Waals surface area contributed by atoms with Crippen molar-refractivity contribution in [3.8, 4) is 12.3 Å². The van der Waals surface area contributed by atoms with Crippen LogP contribution in [0.4, 0.5) is 15.8 Å². The summed E-state index contributed by atoms with van der Waals surface area (Å²) in [4.78, 5) is 13.9. The minimum Gasteiger partial charge on any atom is -0.367 e. The van der Waals surface area contributed by atoms with Crippen LogP contribution in [0.3, 0.4) is 0 Å². The van der Waals surface area contributed by atoms with Crippen LogP contribution in [0.15, 0.2) is 28.4 Å². The molecule has 7 nitrogen and oxygen atoms in total. The molecular formula is C18H21FN4O3S. The molecule has 1 aromatic rings. The summed E-state index contributed by atoms with van der Waals surface area (Å²) in [5, 5.41) is 10.7. The molecule has 0 atom stereocenters. The van der Waals surface area contributed by atoms with Crippen LogP contribution >= 0.6 is 0 Å². The Labute approximate surface area is 158 Å². The molecule has 0 spiro atoms. The van der Waals surface area contributed by atoms with Gasteiger partial charge in [0.15, 0.2) is 15.5 Å². The van der Waals surface area contributed by atoms with Crippen molar-refractivity contribution in [3.05, 3.63) is 24.0 Å². The first-order chi connectivity index (χ1) is 12.8. The summed E-state index contributed by atoms with van der Waals surface area (Å²) in [6.07, 6.45) is 7.15. The molecule has 0 saturated carbocycles. The largest absolute Gasteiger partial charge is 0.367 e. The van der Waals surface area contributed by atoms with Crippen molar-refractivity contribution in [1.82, 2.24) is 0 Å². The van der Waals surface area contributed by atoms with Gasteiger partial charge in [0, 0.05) is 44.5 Å². The number of rotatable bonds is 7. The summed E-state index contributed by atoms with van der Waals surface area (Å²) in [7, 11) is -3.05. The van der Waals surface area contributed by atoms with Gasteiger partial charge in [-0.05, 0) is 18.2 Å². The van der Waals surface area contributed by atoms with Crippen LogP contribution in [-0.4, -0.2) is 44.6 Å². The summed E-state index contributed by atoms with van der Waals surface area (Å²) >= 11 is 0. The van der Waals surface area contributed by atoms with Crippen LogP contribution in [0.5, 0.6) is 0 Å². The highest BCUT2D eigenvalue weighted by Crippen LogP contribution is 2.37. The second kappa shape index (κ2) is 7.64. The molecule has 0 aliphatic carbocycles. The number of hydrogen-bond acceptors (Lipinski definition) is 6. The van der Waals surface area contributed by atoms with Gasteiger partial charge in [0.1, 0.15) is 5.82 Å². The first-order valence-electron chi connectivity index (χ1n) is 8.75. The topological polar surface area (TPSA) is 91.2 Å². The van der Waals surface area contributed by atoms with Crippen molar-refractivity contribution in [2.24, 2.45) is 10.2 Å². The molecule has 1 amide bonds. The first kappa shape index (κ1) is 19.3. The maximum atomic E-state index is 14.2. The Balaban J connectivity index is 1.58. The van der Waals surface area contributed by atoms with E-state index in [1.165, 1.54) is 18.2 Å². The van der Waals surface area contributed by atoms with E-state index in [9.17, 15) is 17.6 Å². The number of benzene rings is 1. The zero-order chi connectivity index (χ0) is 19.5. The van der Waals surface area contributed by atoms with E-state index in [4.69, 9.17) is 6.42 Å². The standard InChI is InChI=1S/C18H21FN4O3S/c1-2-3-7-18(21-22-18)8-6-17(24)20-14-4-5-15(19)16(13-14)23-9-11-27(25,26)12-10-23/h1,4-5,13H,3,6-12H2,(H,20,24). The van der Waals surface area contributed by atoms with E-state index in [0.717, 1.165) is 0 Å². The number of anilines is 2. The van der Waals surface area contributed by atoms with Crippen molar-refractivity contribution in [3.63, 3.8) is 0 Å². The summed E-state index contributed by atoms with van der Waals surface area (Å²) in [5.41, 5.74) is 0.240. The highest BCUT2D eigenvalue weighted by Gasteiger charge is 2.39. The van der Waals surface area contributed by atoms with Gasteiger partial charge >= 0.3 is 0 Å². The van der Waals surface area contributed by atoms with Gasteiger partial charge in [0.2, 0.25) is 5.91 Å². The SMILES string of the molecule is C#CCCC1(CCC(=O)Nc2ccc(F)c(N3CCS(=O)(=O)CC3)c2)N=N1. The molecule has 27 heavy (non-hydrogen) atoms. The average Bonchev–Trinajstić information content (AvgIpc) is 3.41. The fourth-order valence-electron chi connectivity index (χ4n) is 2.99. The van der Waals surface area contributed by atoms with Crippen molar-refractivity contribution in [1.29, 1.82) is 0 Å². The van der Waals surface area contributed by atoms with E-state index in [1.54, 1.807) is 4.90 Å². The summed E-state index contributed by atoms with van der Waals surface area (Å²) in [6, 6.07) is 4.29. The van der Waals surface area contributed by atoms with E-state index in [1.807, 2.05) is 0 Å². The molecule has 3 rings (SSSR count). The van der Waals surface area contributed by atoms with Crippen LogP contribution in [0.1, 0.15) is 25.7 Å². The van der Waals surface area contributed by atoms with Gasteiger partial charge in [-0.1, -0.05) is 0 Å². The number of hydrogen-bond donors (Lipinski definition) is 1. The zero-order valence-corrected chi connectivity index (χ0v) is 15.6. The number of carbonyl (C=O) groups excluding carboxylic acids is 1. The second-order valence-corrected chi connectivity index (χ2v) is 9.04. The normalized spacial score (nSPS) is 19.3. The van der Waals surface area contributed by atoms with Crippen molar-refractivity contribution >= 4 is 27.1 Å². The highest BCUT2D eigenvalue weighted by molar-refractivity contribution is 7.91. The third-order valence-corrected chi connectivity index (χ3v) is 6.33. The third kappa shape index (κ3) is 5.04. The van der Waals surface area contributed by atoms with Gasteiger partial charge in [0.25, 0.3) is 0 Å². The molecule has 1 N–H and O–H groups in total. The monoisotopic (exact) mass is 392 g/mol. The Bertz CT molecular complexity index is 888. The fourth-order valence-corrected chi connectivity index (χ4v) is 4.19. The molecule has 0 unspecified atom stereocenters. The lowest BCUT2D eigenvalue weighted by Gasteiger charge is -2.29. The molecule has 2 aliphatic heterocycles. The predicted molar refractivity (Wildman–Crippen MR) is 101 cm³/mol. The second-order valence-electron chi connectivity index (χ2n) is 6.74. The van der Waals surface area contributed by atoms with E-state index in [-0.39, 0.29) is 36.9 Å². The molecule has 9 heteroatoms. The summed E-state index contributed by atoms with van der Waals surface area (Å²) in [6.45, 7) is 0.467.